The smallest absolute Gasteiger partial charge is 0.326 e. The molecule has 1 aliphatic heterocycles. The minimum absolute atomic E-state index is 0.273. The van der Waals surface area contributed by atoms with Gasteiger partial charge in [-0.15, -0.1) is 0 Å². The summed E-state index contributed by atoms with van der Waals surface area (Å²) in [4.78, 5) is 25.0. The van der Waals surface area contributed by atoms with Gasteiger partial charge in [0.1, 0.15) is 11.8 Å². The number of carbonyl (C=O) groups excluding carboxylic acids is 1. The molecule has 0 unspecified atom stereocenters. The van der Waals surface area contributed by atoms with Crippen LogP contribution in [0.4, 0.5) is 0 Å². The van der Waals surface area contributed by atoms with Crippen LogP contribution in [0.1, 0.15) is 28.8 Å². The summed E-state index contributed by atoms with van der Waals surface area (Å²) in [5.41, 5.74) is 1.37. The van der Waals surface area contributed by atoms with Crippen LogP contribution in [0.25, 0.3) is 0 Å². The molecular formula is C14H17NO4. The number of benzene rings is 1. The first kappa shape index (κ1) is 13.4. The van der Waals surface area contributed by atoms with Gasteiger partial charge in [-0.05, 0) is 31.9 Å². The Morgan fingerprint density at radius 1 is 1.42 bits per heavy atom. The lowest BCUT2D eigenvalue weighted by atomic mass is 10.1. The van der Waals surface area contributed by atoms with Gasteiger partial charge < -0.3 is 14.7 Å². The van der Waals surface area contributed by atoms with E-state index in [0.717, 1.165) is 12.0 Å². The summed E-state index contributed by atoms with van der Waals surface area (Å²) in [6.07, 6.45) is 1.23. The summed E-state index contributed by atoms with van der Waals surface area (Å²) in [6.45, 7) is 2.36. The van der Waals surface area contributed by atoms with E-state index in [4.69, 9.17) is 9.84 Å². The van der Waals surface area contributed by atoms with E-state index in [9.17, 15) is 9.59 Å². The average Bonchev–Trinajstić information content (AvgIpc) is 2.87. The summed E-state index contributed by atoms with van der Waals surface area (Å²) < 4.78 is 5.18. The maximum absolute atomic E-state index is 12.5. The quantitative estimate of drug-likeness (QED) is 0.901. The highest BCUT2D eigenvalue weighted by Gasteiger charge is 2.35. The Labute approximate surface area is 111 Å². The molecule has 0 radical (unpaired) electrons. The van der Waals surface area contributed by atoms with Gasteiger partial charge in [-0.25, -0.2) is 4.79 Å². The molecule has 0 spiro atoms. The Kier molecular flexibility index (Phi) is 3.74. The van der Waals surface area contributed by atoms with Crippen LogP contribution in [0.5, 0.6) is 5.75 Å². The van der Waals surface area contributed by atoms with Crippen molar-refractivity contribution < 1.29 is 19.4 Å². The second-order valence-electron chi connectivity index (χ2n) is 4.70. The second-order valence-corrected chi connectivity index (χ2v) is 4.70. The number of hydrogen-bond acceptors (Lipinski definition) is 3. The number of carbonyl (C=O) groups is 2. The molecule has 1 aromatic rings. The van der Waals surface area contributed by atoms with E-state index >= 15 is 0 Å². The van der Waals surface area contributed by atoms with Crippen molar-refractivity contribution in [2.45, 2.75) is 25.8 Å². The van der Waals surface area contributed by atoms with Crippen molar-refractivity contribution >= 4 is 11.9 Å². The number of methoxy groups -OCH3 is 1. The van der Waals surface area contributed by atoms with E-state index in [-0.39, 0.29) is 5.91 Å². The van der Waals surface area contributed by atoms with Gasteiger partial charge in [-0.2, -0.15) is 0 Å². The molecule has 2 rings (SSSR count). The standard InChI is InChI=1S/C14H17NO4/c1-9-5-6-12(19-2)10(8-9)13(16)15-7-3-4-11(15)14(17)18/h5-6,8,11H,3-4,7H2,1-2H3,(H,17,18)/t11-/m1/s1. The topological polar surface area (TPSA) is 66.8 Å². The van der Waals surface area contributed by atoms with E-state index < -0.39 is 12.0 Å². The molecule has 1 saturated heterocycles. The fourth-order valence-corrected chi connectivity index (χ4v) is 2.41. The van der Waals surface area contributed by atoms with Gasteiger partial charge >= 0.3 is 5.97 Å². The Balaban J connectivity index is 2.33. The third kappa shape index (κ3) is 2.54. The van der Waals surface area contributed by atoms with Crippen molar-refractivity contribution in [3.8, 4) is 5.75 Å². The lowest BCUT2D eigenvalue weighted by molar-refractivity contribution is -0.141. The van der Waals surface area contributed by atoms with E-state index in [1.807, 2.05) is 13.0 Å². The molecule has 1 aliphatic rings. The molecule has 0 saturated carbocycles. The Morgan fingerprint density at radius 3 is 2.79 bits per heavy atom. The first-order valence-corrected chi connectivity index (χ1v) is 6.23. The normalized spacial score (nSPS) is 18.4. The molecule has 5 heteroatoms. The first-order chi connectivity index (χ1) is 9.04. The lowest BCUT2D eigenvalue weighted by Crippen LogP contribution is -2.40. The highest BCUT2D eigenvalue weighted by molar-refractivity contribution is 5.99. The third-order valence-electron chi connectivity index (χ3n) is 3.38. The number of amides is 1. The summed E-state index contributed by atoms with van der Waals surface area (Å²) in [6, 6.07) is 4.60. The van der Waals surface area contributed by atoms with Crippen LogP contribution in [0.2, 0.25) is 0 Å². The monoisotopic (exact) mass is 263 g/mol. The zero-order chi connectivity index (χ0) is 14.0. The minimum atomic E-state index is -0.947. The number of hydrogen-bond donors (Lipinski definition) is 1. The average molecular weight is 263 g/mol. The number of aliphatic carboxylic acids is 1. The zero-order valence-electron chi connectivity index (χ0n) is 11.0. The van der Waals surface area contributed by atoms with Crippen LogP contribution >= 0.6 is 0 Å². The summed E-state index contributed by atoms with van der Waals surface area (Å²) in [5, 5.41) is 9.14. The van der Waals surface area contributed by atoms with E-state index in [1.54, 1.807) is 12.1 Å². The summed E-state index contributed by atoms with van der Waals surface area (Å²) >= 11 is 0. The molecule has 1 fully saturated rings. The Bertz CT molecular complexity index is 512. The predicted molar refractivity (Wildman–Crippen MR) is 69.4 cm³/mol. The number of aryl methyl sites for hydroxylation is 1. The van der Waals surface area contributed by atoms with Gasteiger partial charge in [0, 0.05) is 6.54 Å². The van der Waals surface area contributed by atoms with Crippen LogP contribution in [0.15, 0.2) is 18.2 Å². The predicted octanol–water partition coefficient (Wildman–Crippen LogP) is 1.69. The second kappa shape index (κ2) is 5.30. The zero-order valence-corrected chi connectivity index (χ0v) is 11.0. The molecule has 102 valence electrons. The molecule has 1 amide bonds. The molecule has 0 aliphatic carbocycles. The molecule has 1 atom stereocenters. The fraction of sp³-hybridized carbons (Fsp3) is 0.429. The van der Waals surface area contributed by atoms with E-state index in [1.165, 1.54) is 12.0 Å². The van der Waals surface area contributed by atoms with Crippen molar-refractivity contribution in [2.24, 2.45) is 0 Å². The van der Waals surface area contributed by atoms with Crippen molar-refractivity contribution in [2.75, 3.05) is 13.7 Å². The lowest BCUT2D eigenvalue weighted by Gasteiger charge is -2.22. The third-order valence-corrected chi connectivity index (χ3v) is 3.38. The maximum atomic E-state index is 12.5. The highest BCUT2D eigenvalue weighted by atomic mass is 16.5. The molecule has 0 bridgehead atoms. The molecule has 1 heterocycles. The van der Waals surface area contributed by atoms with E-state index in [0.29, 0.717) is 24.3 Å². The van der Waals surface area contributed by atoms with Gasteiger partial charge in [0.25, 0.3) is 5.91 Å². The number of rotatable bonds is 3. The van der Waals surface area contributed by atoms with Crippen LogP contribution in [-0.4, -0.2) is 41.6 Å². The minimum Gasteiger partial charge on any atom is -0.496 e. The van der Waals surface area contributed by atoms with Crippen molar-refractivity contribution in [3.63, 3.8) is 0 Å². The molecule has 1 aromatic carbocycles. The van der Waals surface area contributed by atoms with Crippen molar-refractivity contribution in [3.05, 3.63) is 29.3 Å². The molecule has 1 N–H and O–H groups in total. The van der Waals surface area contributed by atoms with Gasteiger partial charge in [-0.3, -0.25) is 4.79 Å². The van der Waals surface area contributed by atoms with Crippen LogP contribution in [0, 0.1) is 6.92 Å². The van der Waals surface area contributed by atoms with E-state index in [2.05, 4.69) is 0 Å². The van der Waals surface area contributed by atoms with Gasteiger partial charge in [0.05, 0.1) is 12.7 Å². The number of nitrogens with zero attached hydrogens (tertiary/aromatic N) is 1. The summed E-state index contributed by atoms with van der Waals surface area (Å²) in [5.74, 6) is -0.741. The van der Waals surface area contributed by atoms with Crippen molar-refractivity contribution in [1.29, 1.82) is 0 Å². The molecular weight excluding hydrogens is 246 g/mol. The van der Waals surface area contributed by atoms with Gasteiger partial charge in [-0.1, -0.05) is 11.6 Å². The number of carboxylic acids is 1. The Hall–Kier alpha value is -2.04. The molecule has 19 heavy (non-hydrogen) atoms. The number of ether oxygens (including phenoxy) is 1. The largest absolute Gasteiger partial charge is 0.496 e. The SMILES string of the molecule is COc1ccc(C)cc1C(=O)N1CCC[C@@H]1C(=O)O. The molecule has 0 aromatic heterocycles. The molecule has 5 nitrogen and oxygen atoms in total. The van der Waals surface area contributed by atoms with Crippen LogP contribution in [-0.2, 0) is 4.79 Å². The number of carboxylic acid groups (broad SMARTS) is 1. The first-order valence-electron chi connectivity index (χ1n) is 6.23. The maximum Gasteiger partial charge on any atom is 0.326 e. The van der Waals surface area contributed by atoms with Gasteiger partial charge in [0.2, 0.25) is 0 Å². The number of likely N-dealkylation sites (tertiary alicyclic amines) is 1. The van der Waals surface area contributed by atoms with Gasteiger partial charge in [0.15, 0.2) is 0 Å². The fourth-order valence-electron chi connectivity index (χ4n) is 2.41. The summed E-state index contributed by atoms with van der Waals surface area (Å²) in [7, 11) is 1.50. The van der Waals surface area contributed by atoms with Crippen LogP contribution in [0.3, 0.4) is 0 Å². The van der Waals surface area contributed by atoms with Crippen molar-refractivity contribution in [1.82, 2.24) is 4.90 Å². The Morgan fingerprint density at radius 2 is 2.16 bits per heavy atom. The highest BCUT2D eigenvalue weighted by Crippen LogP contribution is 2.26. The van der Waals surface area contributed by atoms with Crippen LogP contribution < -0.4 is 4.74 Å².